The molecule has 1 fully saturated rings. The molecule has 1 aromatic rings. The van der Waals surface area contributed by atoms with Crippen molar-refractivity contribution in [1.82, 2.24) is 5.32 Å². The van der Waals surface area contributed by atoms with Crippen LogP contribution in [0.2, 0.25) is 10.0 Å². The highest BCUT2D eigenvalue weighted by molar-refractivity contribution is 6.43. The summed E-state index contributed by atoms with van der Waals surface area (Å²) < 4.78 is 0. The third-order valence-corrected chi connectivity index (χ3v) is 3.75. The van der Waals surface area contributed by atoms with Gasteiger partial charge >= 0.3 is 0 Å². The number of rotatable bonds is 2. The van der Waals surface area contributed by atoms with Crippen molar-refractivity contribution in [3.63, 3.8) is 0 Å². The fourth-order valence-electron chi connectivity index (χ4n) is 2.00. The zero-order valence-electron chi connectivity index (χ0n) is 8.80. The maximum absolute atomic E-state index is 12.2. The summed E-state index contributed by atoms with van der Waals surface area (Å²) in [6.45, 7) is 1.79. The van der Waals surface area contributed by atoms with Crippen LogP contribution in [-0.4, -0.2) is 18.9 Å². The standard InChI is InChI=1S/C12H13Cl2NO/c13-10-3-1-2-9(11(10)14)12(16)8-4-6-15-7-5-8/h1-3,8,15H,4-7H2. The summed E-state index contributed by atoms with van der Waals surface area (Å²) in [6.07, 6.45) is 1.75. The molecule has 0 spiro atoms. The minimum Gasteiger partial charge on any atom is -0.317 e. The average molecular weight is 258 g/mol. The molecular formula is C12H13Cl2NO. The molecule has 4 heteroatoms. The van der Waals surface area contributed by atoms with Crippen molar-refractivity contribution in [1.29, 1.82) is 0 Å². The Kier molecular flexibility index (Phi) is 3.85. The Balaban J connectivity index is 2.22. The van der Waals surface area contributed by atoms with Crippen LogP contribution in [0.5, 0.6) is 0 Å². The van der Waals surface area contributed by atoms with Crippen molar-refractivity contribution in [3.8, 4) is 0 Å². The lowest BCUT2D eigenvalue weighted by molar-refractivity contribution is 0.0895. The largest absolute Gasteiger partial charge is 0.317 e. The predicted molar refractivity (Wildman–Crippen MR) is 66.4 cm³/mol. The fraction of sp³-hybridized carbons (Fsp3) is 0.417. The lowest BCUT2D eigenvalue weighted by atomic mass is 9.89. The van der Waals surface area contributed by atoms with Gasteiger partial charge in [0.05, 0.1) is 10.0 Å². The highest BCUT2D eigenvalue weighted by Gasteiger charge is 2.24. The lowest BCUT2D eigenvalue weighted by Gasteiger charge is -2.21. The molecule has 1 aliphatic rings. The molecule has 1 N–H and O–H groups in total. The van der Waals surface area contributed by atoms with Gasteiger partial charge < -0.3 is 5.32 Å². The monoisotopic (exact) mass is 257 g/mol. The summed E-state index contributed by atoms with van der Waals surface area (Å²) in [4.78, 5) is 12.2. The number of piperidine rings is 1. The molecule has 1 saturated heterocycles. The normalized spacial score (nSPS) is 17.4. The molecule has 2 nitrogen and oxygen atoms in total. The van der Waals surface area contributed by atoms with E-state index < -0.39 is 0 Å². The van der Waals surface area contributed by atoms with E-state index in [1.54, 1.807) is 18.2 Å². The van der Waals surface area contributed by atoms with E-state index in [1.807, 2.05) is 0 Å². The molecule has 16 heavy (non-hydrogen) atoms. The van der Waals surface area contributed by atoms with Gasteiger partial charge in [0.2, 0.25) is 0 Å². The van der Waals surface area contributed by atoms with Crippen molar-refractivity contribution >= 4 is 29.0 Å². The van der Waals surface area contributed by atoms with Gasteiger partial charge in [0, 0.05) is 11.5 Å². The van der Waals surface area contributed by atoms with Crippen molar-refractivity contribution in [3.05, 3.63) is 33.8 Å². The molecule has 86 valence electrons. The molecule has 0 unspecified atom stereocenters. The first-order valence-corrected chi connectivity index (χ1v) is 6.14. The van der Waals surface area contributed by atoms with Gasteiger partial charge in [-0.25, -0.2) is 0 Å². The Labute approximate surface area is 105 Å². The third-order valence-electron chi connectivity index (χ3n) is 2.93. The third kappa shape index (κ3) is 2.40. The zero-order valence-corrected chi connectivity index (χ0v) is 10.3. The van der Waals surface area contributed by atoms with Gasteiger partial charge in [0.25, 0.3) is 0 Å². The van der Waals surface area contributed by atoms with E-state index >= 15 is 0 Å². The van der Waals surface area contributed by atoms with E-state index in [4.69, 9.17) is 23.2 Å². The van der Waals surface area contributed by atoms with Crippen molar-refractivity contribution in [2.75, 3.05) is 13.1 Å². The van der Waals surface area contributed by atoms with Gasteiger partial charge in [-0.05, 0) is 38.1 Å². The van der Waals surface area contributed by atoms with Crippen LogP contribution in [-0.2, 0) is 0 Å². The molecule has 0 amide bonds. The summed E-state index contributed by atoms with van der Waals surface area (Å²) in [5, 5.41) is 4.06. The number of hydrogen-bond acceptors (Lipinski definition) is 2. The van der Waals surface area contributed by atoms with Gasteiger partial charge in [-0.3, -0.25) is 4.79 Å². The first kappa shape index (κ1) is 11.9. The molecule has 0 atom stereocenters. The summed E-state index contributed by atoms with van der Waals surface area (Å²) in [6, 6.07) is 5.21. The second-order valence-corrected chi connectivity index (χ2v) is 4.78. The van der Waals surface area contributed by atoms with E-state index in [0.29, 0.717) is 15.6 Å². The Hall–Kier alpha value is -0.570. The number of hydrogen-bond donors (Lipinski definition) is 1. The topological polar surface area (TPSA) is 29.1 Å². The first-order valence-electron chi connectivity index (χ1n) is 5.39. The van der Waals surface area contributed by atoms with E-state index in [1.165, 1.54) is 0 Å². The van der Waals surface area contributed by atoms with Crippen LogP contribution >= 0.6 is 23.2 Å². The number of carbonyl (C=O) groups excluding carboxylic acids is 1. The minimum atomic E-state index is 0.0808. The molecular weight excluding hydrogens is 245 g/mol. The quantitative estimate of drug-likeness (QED) is 0.825. The van der Waals surface area contributed by atoms with Crippen molar-refractivity contribution in [2.24, 2.45) is 5.92 Å². The molecule has 1 heterocycles. The van der Waals surface area contributed by atoms with Crippen LogP contribution in [0.1, 0.15) is 23.2 Å². The second-order valence-electron chi connectivity index (χ2n) is 3.99. The second kappa shape index (κ2) is 5.17. The molecule has 2 rings (SSSR count). The number of ketones is 1. The van der Waals surface area contributed by atoms with Gasteiger partial charge in [-0.2, -0.15) is 0 Å². The van der Waals surface area contributed by atoms with Crippen LogP contribution in [0.3, 0.4) is 0 Å². The fourth-order valence-corrected chi connectivity index (χ4v) is 2.39. The molecule has 1 aromatic carbocycles. The molecule has 1 aliphatic heterocycles. The van der Waals surface area contributed by atoms with Crippen LogP contribution in [0.15, 0.2) is 18.2 Å². The molecule has 0 bridgehead atoms. The Morgan fingerprint density at radius 1 is 1.25 bits per heavy atom. The van der Waals surface area contributed by atoms with Gasteiger partial charge in [-0.15, -0.1) is 0 Å². The number of Topliss-reactive ketones (excluding diaryl/α,β-unsaturated/α-hetero) is 1. The van der Waals surface area contributed by atoms with E-state index in [9.17, 15) is 4.79 Å². The van der Waals surface area contributed by atoms with Gasteiger partial charge in [-0.1, -0.05) is 29.3 Å². The van der Waals surface area contributed by atoms with Gasteiger partial charge in [0.15, 0.2) is 5.78 Å². The first-order chi connectivity index (χ1) is 7.70. The molecule has 0 radical (unpaired) electrons. The highest BCUT2D eigenvalue weighted by atomic mass is 35.5. The maximum atomic E-state index is 12.2. The van der Waals surface area contributed by atoms with Gasteiger partial charge in [0.1, 0.15) is 0 Å². The maximum Gasteiger partial charge on any atom is 0.167 e. The zero-order chi connectivity index (χ0) is 11.5. The highest BCUT2D eigenvalue weighted by Crippen LogP contribution is 2.29. The van der Waals surface area contributed by atoms with Crippen molar-refractivity contribution < 1.29 is 4.79 Å². The van der Waals surface area contributed by atoms with Crippen LogP contribution in [0.25, 0.3) is 0 Å². The summed E-state index contributed by atoms with van der Waals surface area (Å²) in [5.74, 6) is 0.200. The Bertz CT molecular complexity index is 400. The summed E-state index contributed by atoms with van der Waals surface area (Å²) in [7, 11) is 0. The van der Waals surface area contributed by atoms with E-state index in [2.05, 4.69) is 5.32 Å². The van der Waals surface area contributed by atoms with Crippen molar-refractivity contribution in [2.45, 2.75) is 12.8 Å². The SMILES string of the molecule is O=C(c1cccc(Cl)c1Cl)C1CCNCC1. The predicted octanol–water partition coefficient (Wildman–Crippen LogP) is 3.18. The number of benzene rings is 1. The smallest absolute Gasteiger partial charge is 0.167 e. The Morgan fingerprint density at radius 3 is 2.62 bits per heavy atom. The summed E-state index contributed by atoms with van der Waals surface area (Å²) in [5.41, 5.74) is 0.557. The molecule has 0 aliphatic carbocycles. The average Bonchev–Trinajstić information content (AvgIpc) is 2.33. The molecule has 0 aromatic heterocycles. The minimum absolute atomic E-state index is 0.0808. The summed E-state index contributed by atoms with van der Waals surface area (Å²) >= 11 is 11.9. The number of nitrogens with one attached hydrogen (secondary N) is 1. The van der Waals surface area contributed by atoms with Crippen LogP contribution in [0.4, 0.5) is 0 Å². The van der Waals surface area contributed by atoms with E-state index in [0.717, 1.165) is 25.9 Å². The molecule has 0 saturated carbocycles. The van der Waals surface area contributed by atoms with E-state index in [-0.39, 0.29) is 11.7 Å². The Morgan fingerprint density at radius 2 is 1.94 bits per heavy atom. The van der Waals surface area contributed by atoms with Crippen LogP contribution in [0, 0.1) is 5.92 Å². The van der Waals surface area contributed by atoms with Crippen LogP contribution < -0.4 is 5.32 Å². The number of carbonyl (C=O) groups is 1. The number of halogens is 2. The lowest BCUT2D eigenvalue weighted by Crippen LogP contribution is -2.32.